The van der Waals surface area contributed by atoms with E-state index < -0.39 is 0 Å². The lowest BCUT2D eigenvalue weighted by molar-refractivity contribution is 0.676. The molecule has 62 valence electrons. The van der Waals surface area contributed by atoms with Gasteiger partial charge in [-0.1, -0.05) is 17.2 Å². The van der Waals surface area contributed by atoms with Gasteiger partial charge in [-0.25, -0.2) is 0 Å². The maximum Gasteiger partial charge on any atom is -0.0277 e. The van der Waals surface area contributed by atoms with Crippen molar-refractivity contribution in [3.8, 4) is 0 Å². The summed E-state index contributed by atoms with van der Waals surface area (Å²) in [5.74, 6) is 0. The molecule has 0 spiro atoms. The van der Waals surface area contributed by atoms with Crippen molar-refractivity contribution in [2.24, 2.45) is 0 Å². The van der Waals surface area contributed by atoms with Crippen molar-refractivity contribution in [2.45, 2.75) is 46.5 Å². The molecular formula is C11H18. The molecule has 0 radical (unpaired) electrons. The lowest BCUT2D eigenvalue weighted by Gasteiger charge is -2.17. The fourth-order valence-corrected chi connectivity index (χ4v) is 1.76. The monoisotopic (exact) mass is 150 g/mol. The molecule has 0 aromatic rings. The van der Waals surface area contributed by atoms with Crippen LogP contribution in [0.3, 0.4) is 0 Å². The summed E-state index contributed by atoms with van der Waals surface area (Å²) >= 11 is 0. The van der Waals surface area contributed by atoms with Crippen molar-refractivity contribution in [1.29, 1.82) is 0 Å². The summed E-state index contributed by atoms with van der Waals surface area (Å²) in [4.78, 5) is 0. The fraction of sp³-hybridized carbons (Fsp3) is 0.636. The van der Waals surface area contributed by atoms with E-state index in [0.717, 1.165) is 0 Å². The summed E-state index contributed by atoms with van der Waals surface area (Å²) in [6, 6.07) is 0. The Morgan fingerprint density at radius 1 is 1.27 bits per heavy atom. The van der Waals surface area contributed by atoms with Crippen molar-refractivity contribution in [3.05, 3.63) is 22.8 Å². The van der Waals surface area contributed by atoms with E-state index in [0.29, 0.717) is 0 Å². The number of allylic oxidation sites excluding steroid dienone is 4. The minimum Gasteiger partial charge on any atom is -0.0844 e. The Morgan fingerprint density at radius 2 is 1.91 bits per heavy atom. The molecule has 11 heavy (non-hydrogen) atoms. The van der Waals surface area contributed by atoms with Crippen LogP contribution in [0.4, 0.5) is 0 Å². The van der Waals surface area contributed by atoms with Crippen molar-refractivity contribution < 1.29 is 0 Å². The van der Waals surface area contributed by atoms with Crippen LogP contribution in [0.1, 0.15) is 46.5 Å². The van der Waals surface area contributed by atoms with Gasteiger partial charge in [-0.05, 0) is 52.0 Å². The van der Waals surface area contributed by atoms with Crippen LogP contribution in [0.2, 0.25) is 0 Å². The second-order valence-electron chi connectivity index (χ2n) is 3.44. The summed E-state index contributed by atoms with van der Waals surface area (Å²) in [7, 11) is 0. The van der Waals surface area contributed by atoms with Crippen molar-refractivity contribution >= 4 is 0 Å². The first-order valence-corrected chi connectivity index (χ1v) is 4.57. The van der Waals surface area contributed by atoms with E-state index in [2.05, 4.69) is 26.8 Å². The molecule has 0 aliphatic heterocycles. The third kappa shape index (κ3) is 1.95. The largest absolute Gasteiger partial charge is 0.0844 e. The normalized spacial score (nSPS) is 20.8. The van der Waals surface area contributed by atoms with Crippen molar-refractivity contribution in [1.82, 2.24) is 0 Å². The zero-order valence-electron chi connectivity index (χ0n) is 7.91. The third-order valence-electron chi connectivity index (χ3n) is 2.65. The van der Waals surface area contributed by atoms with Crippen LogP contribution < -0.4 is 0 Å². The highest BCUT2D eigenvalue weighted by Gasteiger charge is 2.09. The predicted octanol–water partition coefficient (Wildman–Crippen LogP) is 3.84. The van der Waals surface area contributed by atoms with Gasteiger partial charge >= 0.3 is 0 Å². The zero-order valence-corrected chi connectivity index (χ0v) is 7.91. The summed E-state index contributed by atoms with van der Waals surface area (Å²) in [5.41, 5.74) is 4.73. The zero-order chi connectivity index (χ0) is 8.27. The van der Waals surface area contributed by atoms with Gasteiger partial charge in [0.05, 0.1) is 0 Å². The van der Waals surface area contributed by atoms with Gasteiger partial charge in [0.1, 0.15) is 0 Å². The standard InChI is InChI=1S/C11H18/c1-4-9(2)11-8-6-5-7-10(11)3/h4H,5-8H2,1-3H3/b9-4-. The topological polar surface area (TPSA) is 0 Å². The van der Waals surface area contributed by atoms with Crippen LogP contribution in [-0.2, 0) is 0 Å². The van der Waals surface area contributed by atoms with E-state index in [1.165, 1.54) is 31.3 Å². The van der Waals surface area contributed by atoms with Crippen LogP contribution in [0.5, 0.6) is 0 Å². The minimum absolute atomic E-state index is 1.31. The second-order valence-corrected chi connectivity index (χ2v) is 3.44. The van der Waals surface area contributed by atoms with Gasteiger partial charge in [0.2, 0.25) is 0 Å². The Morgan fingerprint density at radius 3 is 2.45 bits per heavy atom. The highest BCUT2D eigenvalue weighted by atomic mass is 14.1. The SMILES string of the molecule is C/C=C(/C)C1=C(C)CCCC1. The Balaban J connectivity index is 2.82. The molecule has 0 nitrogen and oxygen atoms in total. The van der Waals surface area contributed by atoms with E-state index in [9.17, 15) is 0 Å². The first-order chi connectivity index (χ1) is 5.25. The van der Waals surface area contributed by atoms with Crippen LogP contribution in [0.25, 0.3) is 0 Å². The molecule has 0 aromatic heterocycles. The van der Waals surface area contributed by atoms with Crippen molar-refractivity contribution in [2.75, 3.05) is 0 Å². The molecule has 0 atom stereocenters. The fourth-order valence-electron chi connectivity index (χ4n) is 1.76. The first-order valence-electron chi connectivity index (χ1n) is 4.57. The smallest absolute Gasteiger partial charge is 0.0277 e. The molecule has 0 amide bonds. The molecule has 1 aliphatic carbocycles. The predicted molar refractivity (Wildman–Crippen MR) is 50.6 cm³/mol. The maximum absolute atomic E-state index is 2.28. The Kier molecular flexibility index (Phi) is 2.92. The van der Waals surface area contributed by atoms with Gasteiger partial charge in [0, 0.05) is 0 Å². The van der Waals surface area contributed by atoms with Gasteiger partial charge in [0.15, 0.2) is 0 Å². The molecule has 1 rings (SSSR count). The Bertz CT molecular complexity index is 194. The van der Waals surface area contributed by atoms with E-state index >= 15 is 0 Å². The third-order valence-corrected chi connectivity index (χ3v) is 2.65. The Hall–Kier alpha value is -0.520. The van der Waals surface area contributed by atoms with Gasteiger partial charge in [-0.3, -0.25) is 0 Å². The quantitative estimate of drug-likeness (QED) is 0.532. The maximum atomic E-state index is 2.28. The van der Waals surface area contributed by atoms with Crippen LogP contribution in [0.15, 0.2) is 22.8 Å². The van der Waals surface area contributed by atoms with Crippen molar-refractivity contribution in [3.63, 3.8) is 0 Å². The molecule has 0 N–H and O–H groups in total. The Labute approximate surface area is 70.0 Å². The summed E-state index contributed by atoms with van der Waals surface area (Å²) < 4.78 is 0. The van der Waals surface area contributed by atoms with Gasteiger partial charge in [-0.15, -0.1) is 0 Å². The van der Waals surface area contributed by atoms with E-state index in [4.69, 9.17) is 0 Å². The molecule has 1 aliphatic rings. The molecule has 0 heteroatoms. The number of rotatable bonds is 1. The summed E-state index contributed by atoms with van der Waals surface area (Å²) in [5, 5.41) is 0. The van der Waals surface area contributed by atoms with Gasteiger partial charge in [0.25, 0.3) is 0 Å². The van der Waals surface area contributed by atoms with Gasteiger partial charge in [-0.2, -0.15) is 0 Å². The second kappa shape index (κ2) is 3.75. The molecule has 0 aromatic carbocycles. The van der Waals surface area contributed by atoms with Crippen LogP contribution in [0, 0.1) is 0 Å². The molecule has 0 unspecified atom stereocenters. The lowest BCUT2D eigenvalue weighted by Crippen LogP contribution is -1.98. The average Bonchev–Trinajstić information content (AvgIpc) is 2.04. The van der Waals surface area contributed by atoms with E-state index in [1.54, 1.807) is 11.1 Å². The highest BCUT2D eigenvalue weighted by Crippen LogP contribution is 2.28. The minimum atomic E-state index is 1.31. The van der Waals surface area contributed by atoms with E-state index in [1.807, 2.05) is 0 Å². The lowest BCUT2D eigenvalue weighted by atomic mass is 9.88. The molecule has 0 saturated heterocycles. The molecule has 0 fully saturated rings. The highest BCUT2D eigenvalue weighted by molar-refractivity contribution is 5.33. The molecule has 0 heterocycles. The molecular weight excluding hydrogens is 132 g/mol. The number of hydrogen-bond donors (Lipinski definition) is 0. The van der Waals surface area contributed by atoms with Crippen LogP contribution in [-0.4, -0.2) is 0 Å². The van der Waals surface area contributed by atoms with Crippen LogP contribution >= 0.6 is 0 Å². The summed E-state index contributed by atoms with van der Waals surface area (Å²) in [6.45, 7) is 6.63. The molecule has 0 saturated carbocycles. The first kappa shape index (κ1) is 8.58. The number of hydrogen-bond acceptors (Lipinski definition) is 0. The molecule has 0 bridgehead atoms. The van der Waals surface area contributed by atoms with Gasteiger partial charge < -0.3 is 0 Å². The average molecular weight is 150 g/mol. The van der Waals surface area contributed by atoms with E-state index in [-0.39, 0.29) is 0 Å². The summed E-state index contributed by atoms with van der Waals surface area (Å²) in [6.07, 6.45) is 7.64.